The van der Waals surface area contributed by atoms with Crippen LogP contribution in [0, 0.1) is 37.0 Å². The number of nitrogens with one attached hydrogen (secondary N) is 1. The standard InChI is InChI=1S/C16H21N3O2/c1-10-7-11(2)19-15(14(10)8-17)18-9-12-5-3-4-6-13(12)16(20)21/h7,12-13H,3-6,9H2,1-2H3,(H,18,19)(H,20,21). The van der Waals surface area contributed by atoms with Crippen LogP contribution in [0.3, 0.4) is 0 Å². The number of hydrogen-bond donors (Lipinski definition) is 2. The van der Waals surface area contributed by atoms with Gasteiger partial charge in [0.05, 0.1) is 11.5 Å². The zero-order valence-electron chi connectivity index (χ0n) is 12.5. The van der Waals surface area contributed by atoms with E-state index in [-0.39, 0.29) is 11.8 Å². The second-order valence-corrected chi connectivity index (χ2v) is 5.79. The van der Waals surface area contributed by atoms with Crippen LogP contribution >= 0.6 is 0 Å². The second-order valence-electron chi connectivity index (χ2n) is 5.79. The molecule has 0 aliphatic heterocycles. The summed E-state index contributed by atoms with van der Waals surface area (Å²) in [5.74, 6) is -0.326. The van der Waals surface area contributed by atoms with Gasteiger partial charge < -0.3 is 10.4 Å². The van der Waals surface area contributed by atoms with Gasteiger partial charge >= 0.3 is 5.97 Å². The first kappa shape index (κ1) is 15.3. The van der Waals surface area contributed by atoms with Crippen molar-refractivity contribution in [1.82, 2.24) is 4.98 Å². The van der Waals surface area contributed by atoms with Gasteiger partial charge in [-0.25, -0.2) is 4.98 Å². The van der Waals surface area contributed by atoms with Crippen molar-refractivity contribution in [3.63, 3.8) is 0 Å². The lowest BCUT2D eigenvalue weighted by atomic mass is 9.79. The minimum absolute atomic E-state index is 0.102. The van der Waals surface area contributed by atoms with Gasteiger partial charge in [-0.1, -0.05) is 12.8 Å². The van der Waals surface area contributed by atoms with Crippen molar-refractivity contribution in [3.8, 4) is 6.07 Å². The molecule has 5 heteroatoms. The molecule has 112 valence electrons. The number of carboxylic acids is 1. The highest BCUT2D eigenvalue weighted by Gasteiger charge is 2.30. The topological polar surface area (TPSA) is 86.0 Å². The molecule has 2 atom stereocenters. The highest BCUT2D eigenvalue weighted by molar-refractivity contribution is 5.70. The van der Waals surface area contributed by atoms with E-state index >= 15 is 0 Å². The molecule has 0 aromatic carbocycles. The Morgan fingerprint density at radius 2 is 2.19 bits per heavy atom. The summed E-state index contributed by atoms with van der Waals surface area (Å²) in [6.45, 7) is 4.33. The van der Waals surface area contributed by atoms with Crippen LogP contribution in [0.15, 0.2) is 6.07 Å². The monoisotopic (exact) mass is 287 g/mol. The summed E-state index contributed by atoms with van der Waals surface area (Å²) in [5, 5.41) is 21.7. The number of carbonyl (C=O) groups is 1. The van der Waals surface area contributed by atoms with Crippen LogP contribution in [-0.2, 0) is 4.79 Å². The van der Waals surface area contributed by atoms with Crippen LogP contribution in [0.4, 0.5) is 5.82 Å². The summed E-state index contributed by atoms with van der Waals surface area (Å²) in [6, 6.07) is 4.05. The molecule has 2 unspecified atom stereocenters. The van der Waals surface area contributed by atoms with Crippen molar-refractivity contribution >= 4 is 11.8 Å². The van der Waals surface area contributed by atoms with Crippen LogP contribution in [0.1, 0.15) is 42.5 Å². The van der Waals surface area contributed by atoms with Crippen molar-refractivity contribution < 1.29 is 9.90 Å². The maximum Gasteiger partial charge on any atom is 0.306 e. The van der Waals surface area contributed by atoms with Gasteiger partial charge in [0.2, 0.25) is 0 Å². The maximum atomic E-state index is 11.3. The minimum atomic E-state index is -0.713. The quantitative estimate of drug-likeness (QED) is 0.889. The Labute approximate surface area is 125 Å². The van der Waals surface area contributed by atoms with Gasteiger partial charge in [-0.2, -0.15) is 5.26 Å². The Balaban J connectivity index is 2.12. The smallest absolute Gasteiger partial charge is 0.306 e. The molecule has 0 spiro atoms. The van der Waals surface area contributed by atoms with Gasteiger partial charge in [-0.15, -0.1) is 0 Å². The lowest BCUT2D eigenvalue weighted by Gasteiger charge is -2.29. The Morgan fingerprint density at radius 1 is 1.48 bits per heavy atom. The van der Waals surface area contributed by atoms with Crippen molar-refractivity contribution in [2.75, 3.05) is 11.9 Å². The van der Waals surface area contributed by atoms with Crippen LogP contribution < -0.4 is 5.32 Å². The molecule has 1 aromatic heterocycles. The molecular weight excluding hydrogens is 266 g/mol. The molecule has 1 aliphatic carbocycles. The number of hydrogen-bond acceptors (Lipinski definition) is 4. The average molecular weight is 287 g/mol. The number of anilines is 1. The zero-order valence-corrected chi connectivity index (χ0v) is 12.5. The third-order valence-electron chi connectivity index (χ3n) is 4.21. The van der Waals surface area contributed by atoms with E-state index in [0.717, 1.165) is 36.9 Å². The molecule has 2 N–H and O–H groups in total. The van der Waals surface area contributed by atoms with Crippen LogP contribution in [0.25, 0.3) is 0 Å². The summed E-state index contributed by atoms with van der Waals surface area (Å²) in [5.41, 5.74) is 2.29. The van der Waals surface area contributed by atoms with Gasteiger partial charge in [0.15, 0.2) is 0 Å². The number of aryl methyl sites for hydroxylation is 2. The molecule has 21 heavy (non-hydrogen) atoms. The number of carboxylic acid groups (broad SMARTS) is 1. The third kappa shape index (κ3) is 3.52. The van der Waals surface area contributed by atoms with Gasteiger partial charge in [0, 0.05) is 12.2 Å². The maximum absolute atomic E-state index is 11.3. The predicted molar refractivity (Wildman–Crippen MR) is 80.0 cm³/mol. The summed E-state index contributed by atoms with van der Waals surface area (Å²) in [7, 11) is 0. The highest BCUT2D eigenvalue weighted by atomic mass is 16.4. The molecule has 0 radical (unpaired) electrons. The molecular formula is C16H21N3O2. The highest BCUT2D eigenvalue weighted by Crippen LogP contribution is 2.30. The van der Waals surface area contributed by atoms with Crippen molar-refractivity contribution in [2.45, 2.75) is 39.5 Å². The lowest BCUT2D eigenvalue weighted by molar-refractivity contribution is -0.144. The Hall–Kier alpha value is -2.09. The number of nitrogens with zero attached hydrogens (tertiary/aromatic N) is 2. The van der Waals surface area contributed by atoms with E-state index in [9.17, 15) is 15.2 Å². The third-order valence-corrected chi connectivity index (χ3v) is 4.21. The van der Waals surface area contributed by atoms with E-state index in [0.29, 0.717) is 17.9 Å². The SMILES string of the molecule is Cc1cc(C)c(C#N)c(NCC2CCCCC2C(=O)O)n1. The second kappa shape index (κ2) is 6.57. The van der Waals surface area contributed by atoms with E-state index in [1.165, 1.54) is 0 Å². The van der Waals surface area contributed by atoms with Gasteiger partial charge in [-0.3, -0.25) is 4.79 Å². The molecule has 1 fully saturated rings. The molecule has 1 aromatic rings. The fourth-order valence-electron chi connectivity index (χ4n) is 3.11. The van der Waals surface area contributed by atoms with Crippen LogP contribution in [0.2, 0.25) is 0 Å². The Morgan fingerprint density at radius 3 is 2.86 bits per heavy atom. The normalized spacial score (nSPS) is 21.6. The molecule has 1 aliphatic rings. The molecule has 0 saturated heterocycles. The summed E-state index contributed by atoms with van der Waals surface area (Å²) in [4.78, 5) is 15.7. The van der Waals surface area contributed by atoms with E-state index < -0.39 is 5.97 Å². The zero-order chi connectivity index (χ0) is 15.4. The summed E-state index contributed by atoms with van der Waals surface area (Å²) in [6.07, 6.45) is 3.71. The van der Waals surface area contributed by atoms with Gasteiger partial charge in [0.1, 0.15) is 11.9 Å². The number of rotatable bonds is 4. The Kier molecular flexibility index (Phi) is 4.79. The molecule has 1 saturated carbocycles. The van der Waals surface area contributed by atoms with Crippen molar-refractivity contribution in [1.29, 1.82) is 5.26 Å². The number of aliphatic carboxylic acids is 1. The molecule has 2 rings (SSSR count). The minimum Gasteiger partial charge on any atom is -0.481 e. The average Bonchev–Trinajstić information content (AvgIpc) is 2.44. The number of aromatic nitrogens is 1. The summed E-state index contributed by atoms with van der Waals surface area (Å²) >= 11 is 0. The molecule has 0 amide bonds. The fourth-order valence-corrected chi connectivity index (χ4v) is 3.11. The first-order chi connectivity index (χ1) is 10.0. The fraction of sp³-hybridized carbons (Fsp3) is 0.562. The largest absolute Gasteiger partial charge is 0.481 e. The number of pyridine rings is 1. The lowest BCUT2D eigenvalue weighted by Crippen LogP contribution is -2.32. The van der Waals surface area contributed by atoms with E-state index in [4.69, 9.17) is 0 Å². The number of nitriles is 1. The van der Waals surface area contributed by atoms with Crippen LogP contribution in [0.5, 0.6) is 0 Å². The first-order valence-electron chi connectivity index (χ1n) is 7.38. The first-order valence-corrected chi connectivity index (χ1v) is 7.38. The van der Waals surface area contributed by atoms with E-state index in [2.05, 4.69) is 16.4 Å². The van der Waals surface area contributed by atoms with Gasteiger partial charge in [-0.05, 0) is 44.2 Å². The summed E-state index contributed by atoms with van der Waals surface area (Å²) < 4.78 is 0. The van der Waals surface area contributed by atoms with Crippen molar-refractivity contribution in [3.05, 3.63) is 22.9 Å². The van der Waals surface area contributed by atoms with Gasteiger partial charge in [0.25, 0.3) is 0 Å². The predicted octanol–water partition coefficient (Wildman–Crippen LogP) is 2.87. The van der Waals surface area contributed by atoms with E-state index in [1.807, 2.05) is 19.9 Å². The molecule has 0 bridgehead atoms. The van der Waals surface area contributed by atoms with E-state index in [1.54, 1.807) is 0 Å². The van der Waals surface area contributed by atoms with Crippen LogP contribution in [-0.4, -0.2) is 22.6 Å². The Bertz CT molecular complexity index is 578. The molecule has 5 nitrogen and oxygen atoms in total. The van der Waals surface area contributed by atoms with Crippen molar-refractivity contribution in [2.24, 2.45) is 11.8 Å². The molecule has 1 heterocycles.